The molecule has 2 aromatic heterocycles. The number of likely N-dealkylation sites (tertiary alicyclic amines) is 1. The zero-order valence-electron chi connectivity index (χ0n) is 16.6. The fourth-order valence-corrected chi connectivity index (χ4v) is 3.79. The zero-order valence-corrected chi connectivity index (χ0v) is 16.6. The van der Waals surface area contributed by atoms with E-state index in [9.17, 15) is 4.79 Å². The number of piperidine rings is 1. The van der Waals surface area contributed by atoms with Crippen LogP contribution in [-0.2, 0) is 6.42 Å². The minimum absolute atomic E-state index is 0.0499. The van der Waals surface area contributed by atoms with Crippen molar-refractivity contribution in [2.24, 2.45) is 0 Å². The summed E-state index contributed by atoms with van der Waals surface area (Å²) in [4.78, 5) is 14.8. The van der Waals surface area contributed by atoms with E-state index in [4.69, 9.17) is 9.84 Å². The Morgan fingerprint density at radius 2 is 1.82 bits per heavy atom. The average molecular weight is 379 g/mol. The molecule has 7 heteroatoms. The number of fused-ring (bicyclic) bond motifs is 1. The highest BCUT2D eigenvalue weighted by molar-refractivity contribution is 5.93. The molecule has 0 spiro atoms. The molecule has 1 saturated heterocycles. The van der Waals surface area contributed by atoms with Crippen molar-refractivity contribution in [3.8, 4) is 16.9 Å². The van der Waals surface area contributed by atoms with Gasteiger partial charge in [-0.05, 0) is 50.3 Å². The lowest BCUT2D eigenvalue weighted by atomic mass is 10.0. The number of carbonyl (C=O) groups excluding carboxylic acids is 1. The highest BCUT2D eigenvalue weighted by Crippen LogP contribution is 2.30. The predicted molar refractivity (Wildman–Crippen MR) is 107 cm³/mol. The van der Waals surface area contributed by atoms with Crippen LogP contribution in [0.15, 0.2) is 24.3 Å². The van der Waals surface area contributed by atoms with Gasteiger partial charge in [0.1, 0.15) is 5.75 Å². The molecule has 1 aliphatic rings. The van der Waals surface area contributed by atoms with Gasteiger partial charge in [0.2, 0.25) is 0 Å². The minimum atomic E-state index is -0.0499. The second-order valence-corrected chi connectivity index (χ2v) is 7.13. The highest BCUT2D eigenvalue weighted by atomic mass is 16.5. The molecule has 0 saturated carbocycles. The summed E-state index contributed by atoms with van der Waals surface area (Å²) in [5, 5.41) is 13.5. The molecule has 1 amide bonds. The Balaban J connectivity index is 1.80. The van der Waals surface area contributed by atoms with Gasteiger partial charge in [-0.1, -0.05) is 19.1 Å². The molecule has 0 radical (unpaired) electrons. The maximum atomic E-state index is 12.9. The van der Waals surface area contributed by atoms with Gasteiger partial charge in [-0.2, -0.15) is 5.10 Å². The van der Waals surface area contributed by atoms with Crippen molar-refractivity contribution in [2.75, 3.05) is 20.2 Å². The van der Waals surface area contributed by atoms with Gasteiger partial charge in [0.15, 0.2) is 11.3 Å². The number of aromatic nitrogens is 4. The van der Waals surface area contributed by atoms with Gasteiger partial charge in [0, 0.05) is 13.1 Å². The number of hydrogen-bond acceptors (Lipinski definition) is 5. The summed E-state index contributed by atoms with van der Waals surface area (Å²) in [6.45, 7) is 5.53. The number of aryl methyl sites for hydroxylation is 2. The van der Waals surface area contributed by atoms with E-state index in [0.717, 1.165) is 60.6 Å². The first-order valence-electron chi connectivity index (χ1n) is 9.82. The van der Waals surface area contributed by atoms with Gasteiger partial charge in [0.05, 0.1) is 24.1 Å². The van der Waals surface area contributed by atoms with E-state index in [2.05, 4.69) is 17.1 Å². The number of rotatable bonds is 4. The Bertz CT molecular complexity index is 1000. The Hall–Kier alpha value is -2.96. The molecule has 0 unspecified atom stereocenters. The largest absolute Gasteiger partial charge is 0.497 e. The first-order valence-corrected chi connectivity index (χ1v) is 9.82. The van der Waals surface area contributed by atoms with Gasteiger partial charge in [-0.25, -0.2) is 4.52 Å². The van der Waals surface area contributed by atoms with Gasteiger partial charge < -0.3 is 9.64 Å². The van der Waals surface area contributed by atoms with Crippen LogP contribution in [0.1, 0.15) is 48.1 Å². The summed E-state index contributed by atoms with van der Waals surface area (Å²) in [5.74, 6) is 0.751. The Kier molecular flexibility index (Phi) is 4.98. The number of carbonyl (C=O) groups is 1. The lowest BCUT2D eigenvalue weighted by Gasteiger charge is -2.26. The van der Waals surface area contributed by atoms with Gasteiger partial charge in [0.25, 0.3) is 5.91 Å². The molecule has 1 aliphatic heterocycles. The standard InChI is InChI=1S/C21H25N5O2/c1-4-17-18(15-8-10-16(28-3)11-9-15)20-23-22-19(14(2)26(20)24-17)21(27)25-12-6-5-7-13-25/h8-11H,4-7,12-13H2,1-3H3. The van der Waals surface area contributed by atoms with Crippen LogP contribution in [0.25, 0.3) is 16.8 Å². The number of ether oxygens (including phenoxy) is 1. The normalized spacial score (nSPS) is 14.5. The Labute approximate surface area is 164 Å². The van der Waals surface area contributed by atoms with E-state index in [1.54, 1.807) is 11.6 Å². The third-order valence-corrected chi connectivity index (χ3v) is 5.40. The van der Waals surface area contributed by atoms with Crippen LogP contribution in [0.4, 0.5) is 0 Å². The molecular formula is C21H25N5O2. The lowest BCUT2D eigenvalue weighted by Crippen LogP contribution is -2.37. The summed E-state index contributed by atoms with van der Waals surface area (Å²) in [7, 11) is 1.65. The van der Waals surface area contributed by atoms with Crippen LogP contribution in [0, 0.1) is 6.92 Å². The van der Waals surface area contributed by atoms with Crippen molar-refractivity contribution in [1.82, 2.24) is 24.7 Å². The summed E-state index contributed by atoms with van der Waals surface area (Å²) < 4.78 is 7.02. The lowest BCUT2D eigenvalue weighted by molar-refractivity contribution is 0.0715. The molecule has 0 bridgehead atoms. The summed E-state index contributed by atoms with van der Waals surface area (Å²) in [6.07, 6.45) is 4.03. The number of amides is 1. The smallest absolute Gasteiger partial charge is 0.276 e. The fourth-order valence-electron chi connectivity index (χ4n) is 3.79. The summed E-state index contributed by atoms with van der Waals surface area (Å²) in [5.41, 5.74) is 4.70. The van der Waals surface area contributed by atoms with Crippen molar-refractivity contribution in [3.05, 3.63) is 41.3 Å². The van der Waals surface area contributed by atoms with E-state index >= 15 is 0 Å². The quantitative estimate of drug-likeness (QED) is 0.695. The maximum Gasteiger partial charge on any atom is 0.276 e. The molecule has 7 nitrogen and oxygen atoms in total. The van der Waals surface area contributed by atoms with Gasteiger partial charge in [-0.15, -0.1) is 10.2 Å². The second-order valence-electron chi connectivity index (χ2n) is 7.13. The summed E-state index contributed by atoms with van der Waals surface area (Å²) in [6, 6.07) is 7.84. The van der Waals surface area contributed by atoms with E-state index in [0.29, 0.717) is 11.3 Å². The fraction of sp³-hybridized carbons (Fsp3) is 0.429. The number of methoxy groups -OCH3 is 1. The highest BCUT2D eigenvalue weighted by Gasteiger charge is 2.25. The van der Waals surface area contributed by atoms with Gasteiger partial charge >= 0.3 is 0 Å². The van der Waals surface area contributed by atoms with Crippen molar-refractivity contribution in [3.63, 3.8) is 0 Å². The number of benzene rings is 1. The predicted octanol–water partition coefficient (Wildman–Crippen LogP) is 3.30. The Morgan fingerprint density at radius 3 is 2.46 bits per heavy atom. The van der Waals surface area contributed by atoms with E-state index < -0.39 is 0 Å². The molecular weight excluding hydrogens is 354 g/mol. The van der Waals surface area contributed by atoms with Crippen LogP contribution < -0.4 is 4.74 Å². The molecule has 0 aliphatic carbocycles. The molecule has 1 fully saturated rings. The zero-order chi connectivity index (χ0) is 19.7. The minimum Gasteiger partial charge on any atom is -0.497 e. The Morgan fingerprint density at radius 1 is 1.11 bits per heavy atom. The molecule has 0 N–H and O–H groups in total. The number of hydrogen-bond donors (Lipinski definition) is 0. The third-order valence-electron chi connectivity index (χ3n) is 5.40. The van der Waals surface area contributed by atoms with Crippen LogP contribution in [-0.4, -0.2) is 50.8 Å². The van der Waals surface area contributed by atoms with E-state index in [-0.39, 0.29) is 5.91 Å². The molecule has 3 aromatic rings. The third kappa shape index (κ3) is 3.10. The van der Waals surface area contributed by atoms with Crippen molar-refractivity contribution in [1.29, 1.82) is 0 Å². The van der Waals surface area contributed by atoms with E-state index in [1.165, 1.54) is 6.42 Å². The molecule has 0 atom stereocenters. The van der Waals surface area contributed by atoms with Crippen LogP contribution in [0.5, 0.6) is 5.75 Å². The first-order chi connectivity index (χ1) is 13.6. The molecule has 146 valence electrons. The van der Waals surface area contributed by atoms with Crippen LogP contribution in [0.2, 0.25) is 0 Å². The molecule has 1 aromatic carbocycles. The van der Waals surface area contributed by atoms with Crippen molar-refractivity contribution in [2.45, 2.75) is 39.5 Å². The topological polar surface area (TPSA) is 72.6 Å². The molecule has 28 heavy (non-hydrogen) atoms. The van der Waals surface area contributed by atoms with E-state index in [1.807, 2.05) is 36.1 Å². The average Bonchev–Trinajstić information content (AvgIpc) is 3.14. The summed E-state index contributed by atoms with van der Waals surface area (Å²) >= 11 is 0. The van der Waals surface area contributed by atoms with Crippen molar-refractivity contribution < 1.29 is 9.53 Å². The monoisotopic (exact) mass is 379 g/mol. The van der Waals surface area contributed by atoms with Crippen LogP contribution >= 0.6 is 0 Å². The molecule has 3 heterocycles. The van der Waals surface area contributed by atoms with Crippen molar-refractivity contribution >= 4 is 11.6 Å². The SMILES string of the molecule is CCc1nn2c(C)c(C(=O)N3CCCCC3)nnc2c1-c1ccc(OC)cc1. The van der Waals surface area contributed by atoms with Crippen LogP contribution in [0.3, 0.4) is 0 Å². The molecule has 4 rings (SSSR count). The van der Waals surface area contributed by atoms with Gasteiger partial charge in [-0.3, -0.25) is 4.79 Å². The maximum absolute atomic E-state index is 12.9. The first kappa shape index (κ1) is 18.4. The number of nitrogens with zero attached hydrogens (tertiary/aromatic N) is 5. The second kappa shape index (κ2) is 7.58.